The van der Waals surface area contributed by atoms with E-state index in [1.165, 1.54) is 36.4 Å². The van der Waals surface area contributed by atoms with Gasteiger partial charge in [0.2, 0.25) is 30.2 Å². The number of Topliss-reactive ketones (excluding diaryl/α,β-unsaturated/α-hetero) is 1. The predicted molar refractivity (Wildman–Crippen MR) is 339 cm³/mol. The van der Waals surface area contributed by atoms with Crippen LogP contribution in [0.3, 0.4) is 0 Å². The van der Waals surface area contributed by atoms with Crippen LogP contribution in [0.15, 0.2) is 57.9 Å². The predicted octanol–water partition coefficient (Wildman–Crippen LogP) is 6.88. The first-order valence-corrected chi connectivity index (χ1v) is 33.2. The number of ether oxygens (including phenoxy) is 7. The molecule has 5 heterocycles. The number of rotatable bonds is 18. The Bertz CT molecular complexity index is 4180. The number of aromatic carboxylic acids is 1. The van der Waals surface area contributed by atoms with E-state index in [4.69, 9.17) is 33.2 Å². The summed E-state index contributed by atoms with van der Waals surface area (Å²) in [7, 11) is 2.66. The van der Waals surface area contributed by atoms with Gasteiger partial charge in [-0.1, -0.05) is 25.5 Å². The topological polar surface area (TPSA) is 319 Å². The number of hydrogen-bond acceptors (Lipinski definition) is 21. The number of carboxylic acids is 1. The molecule has 7 unspecified atom stereocenters. The molecule has 2 aromatic heterocycles. The Hall–Kier alpha value is -8.92. The summed E-state index contributed by atoms with van der Waals surface area (Å²) in [5.74, 6) is -7.26. The zero-order valence-electron chi connectivity index (χ0n) is 54.5. The number of carboxylic acid groups (broad SMARTS) is 1. The van der Waals surface area contributed by atoms with Crippen molar-refractivity contribution in [1.82, 2.24) is 18.9 Å². The number of aliphatic hydroxyl groups is 2. The van der Waals surface area contributed by atoms with Gasteiger partial charge in [0, 0.05) is 86.5 Å². The summed E-state index contributed by atoms with van der Waals surface area (Å²) in [6.07, 6.45) is 10.3. The van der Waals surface area contributed by atoms with Gasteiger partial charge in [-0.2, -0.15) is 0 Å². The number of methoxy groups -OCH3 is 2. The SMILES string of the molecule is COc1c(N2CC3CCCN(C(=O)OCOC(=O)c4cn(C5CC5)c5c(OC)c(N6CCN(C(=O)OCOC(=O)CCC(=O)OCC(=O)[C@@]7(O)CCC8C9CCC%10=CC(=O)C=C[C@]%10(C)C9C(O)C[C@@]87C)C(C)C6)c(F)cc5c4=O)C3C2)c(F)cc2c(=O)c(C(=O)O)cn(C3CC3)c12. The number of likely N-dealkylation sites (tertiary alicyclic amines) is 1. The quantitative estimate of drug-likeness (QED) is 0.0519. The minimum absolute atomic E-state index is 0.000699. The molecule has 2 amide bonds. The number of hydrogen-bond donors (Lipinski definition) is 3. The normalized spacial score (nSPS) is 28.1. The van der Waals surface area contributed by atoms with Crippen LogP contribution in [-0.2, 0) is 42.9 Å². The van der Waals surface area contributed by atoms with E-state index in [0.717, 1.165) is 30.5 Å². The van der Waals surface area contributed by atoms with E-state index in [2.05, 4.69) is 0 Å². The summed E-state index contributed by atoms with van der Waals surface area (Å²) in [5, 5.41) is 33.2. The van der Waals surface area contributed by atoms with Crippen molar-refractivity contribution in [3.05, 3.63) is 91.5 Å². The average molecular weight is 1350 g/mol. The largest absolute Gasteiger partial charge is 0.492 e. The molecule has 3 N–H and O–H groups in total. The van der Waals surface area contributed by atoms with Crippen molar-refractivity contribution in [3.8, 4) is 11.5 Å². The smallest absolute Gasteiger partial charge is 0.413 e. The summed E-state index contributed by atoms with van der Waals surface area (Å²) in [6, 6.07) is 0.622. The van der Waals surface area contributed by atoms with Gasteiger partial charge in [0.05, 0.1) is 61.0 Å². The number of halogens is 2. The molecule has 2 aromatic carbocycles. The number of aromatic nitrogens is 2. The van der Waals surface area contributed by atoms with Gasteiger partial charge in [-0.05, 0) is 120 Å². The van der Waals surface area contributed by atoms with Crippen molar-refractivity contribution >= 4 is 80.8 Å². The Balaban J connectivity index is 0.588. The third-order valence-corrected chi connectivity index (χ3v) is 22.4. The van der Waals surface area contributed by atoms with Crippen molar-refractivity contribution in [2.75, 3.05) is 83.5 Å². The van der Waals surface area contributed by atoms with Gasteiger partial charge in [-0.3, -0.25) is 28.8 Å². The monoisotopic (exact) mass is 1350 g/mol. The Labute approximate surface area is 554 Å². The standard InChI is InChI=1S/C69H78F2N6O20/c1-35-27-72(21-22-74(35)65(88)96-33-94-53(82)15-14-52(81)93-32-51(80)69(90)19-17-46-41-13-8-37-23-40(78)16-18-67(37,2)54(41)50(79)26-68(46,69)3)57-47(70)25-43-56(61(57)91-4)77(39-11-12-39)30-45(60(43)84)64(87)95-34-97-66(89)75-20-6-7-36-28-73(31-49(36)75)58-48(71)24-42-55(62(58)92-5)76(38-9-10-38)29-44(59(42)83)63(85)86/h16,18,23-25,29-30,35-36,38-39,41,46,49-50,54,79,90H,6-15,17,19-22,26-28,31-34H2,1-5H3,(H,85,86)/t35?,36?,41?,46?,49?,50?,54?,67-,68-,69-/m0/s1. The van der Waals surface area contributed by atoms with Crippen molar-refractivity contribution in [3.63, 3.8) is 0 Å². The molecule has 9 aliphatic rings. The molecule has 5 saturated carbocycles. The maximum atomic E-state index is 16.7. The zero-order valence-corrected chi connectivity index (χ0v) is 54.5. The Morgan fingerprint density at radius 2 is 1.29 bits per heavy atom. The fraction of sp³-hybridized carbons (Fsp3) is 0.565. The van der Waals surface area contributed by atoms with E-state index in [9.17, 15) is 63.3 Å². The van der Waals surface area contributed by atoms with Gasteiger partial charge in [0.1, 0.15) is 28.1 Å². The molecule has 26 nitrogen and oxygen atoms in total. The Morgan fingerprint density at radius 3 is 1.91 bits per heavy atom. The van der Waals surface area contributed by atoms with Crippen LogP contribution in [0.4, 0.5) is 29.7 Å². The zero-order chi connectivity index (χ0) is 68.9. The van der Waals surface area contributed by atoms with Crippen LogP contribution >= 0.6 is 0 Å². The molecule has 0 spiro atoms. The molecule has 8 fully saturated rings. The van der Waals surface area contributed by atoms with Crippen LogP contribution in [0.1, 0.15) is 137 Å². The number of esters is 3. The summed E-state index contributed by atoms with van der Waals surface area (Å²) in [5.41, 5.74) is -4.55. The van der Waals surface area contributed by atoms with E-state index < -0.39 is 143 Å². The number of piperazine rings is 1. The lowest BCUT2D eigenvalue weighted by molar-refractivity contribution is -0.181. The summed E-state index contributed by atoms with van der Waals surface area (Å²) in [6.45, 7) is 3.90. The summed E-state index contributed by atoms with van der Waals surface area (Å²) < 4.78 is 74.4. The highest BCUT2D eigenvalue weighted by Gasteiger charge is 2.68. The number of pyridine rings is 2. The van der Waals surface area contributed by atoms with Gasteiger partial charge in [0.15, 0.2) is 35.5 Å². The number of fused-ring (bicyclic) bond motifs is 8. The lowest BCUT2D eigenvalue weighted by Gasteiger charge is -2.59. The number of piperidine rings is 1. The minimum atomic E-state index is -1.88. The lowest BCUT2D eigenvalue weighted by atomic mass is 9.46. The first kappa shape index (κ1) is 66.7. The molecular weight excluding hydrogens is 1270 g/mol. The summed E-state index contributed by atoms with van der Waals surface area (Å²) in [4.78, 5) is 138. The minimum Gasteiger partial charge on any atom is -0.492 e. The number of carbonyl (C=O) groups is 8. The molecule has 518 valence electrons. The van der Waals surface area contributed by atoms with Gasteiger partial charge in [-0.25, -0.2) is 28.0 Å². The molecule has 97 heavy (non-hydrogen) atoms. The summed E-state index contributed by atoms with van der Waals surface area (Å²) >= 11 is 0. The van der Waals surface area contributed by atoms with E-state index >= 15 is 8.78 Å². The molecule has 4 aromatic rings. The number of anilines is 2. The van der Waals surface area contributed by atoms with Crippen LogP contribution in [0.25, 0.3) is 21.8 Å². The van der Waals surface area contributed by atoms with E-state index in [1.54, 1.807) is 38.0 Å². The van der Waals surface area contributed by atoms with Crippen molar-refractivity contribution in [1.29, 1.82) is 0 Å². The van der Waals surface area contributed by atoms with Gasteiger partial charge in [-0.15, -0.1) is 0 Å². The van der Waals surface area contributed by atoms with Crippen LogP contribution < -0.4 is 30.1 Å². The number of carbonyl (C=O) groups excluding carboxylic acids is 7. The third-order valence-electron chi connectivity index (χ3n) is 22.4. The van der Waals surface area contributed by atoms with Crippen molar-refractivity contribution in [2.45, 2.75) is 140 Å². The van der Waals surface area contributed by atoms with Crippen LogP contribution in [0.5, 0.6) is 11.5 Å². The van der Waals surface area contributed by atoms with Crippen LogP contribution in [0.2, 0.25) is 0 Å². The van der Waals surface area contributed by atoms with Gasteiger partial charge < -0.3 is 77.2 Å². The molecule has 13 rings (SSSR count). The van der Waals surface area contributed by atoms with E-state index in [-0.39, 0.29) is 132 Å². The van der Waals surface area contributed by atoms with Crippen molar-refractivity contribution < 1.29 is 95.6 Å². The molecule has 0 radical (unpaired) electrons. The molecule has 28 heteroatoms. The second kappa shape index (κ2) is 25.5. The molecule has 0 bridgehead atoms. The van der Waals surface area contributed by atoms with Crippen LogP contribution in [-0.4, -0.2) is 179 Å². The van der Waals surface area contributed by atoms with Gasteiger partial charge in [0.25, 0.3) is 0 Å². The second-order valence-corrected chi connectivity index (χ2v) is 27.9. The van der Waals surface area contributed by atoms with E-state index in [1.807, 2.05) is 19.9 Å². The fourth-order valence-electron chi connectivity index (χ4n) is 17.4. The highest BCUT2D eigenvalue weighted by atomic mass is 19.1. The average Bonchev–Trinajstić information content (AvgIpc) is 1.35. The Morgan fingerprint density at radius 1 is 0.691 bits per heavy atom. The molecule has 10 atom stereocenters. The maximum absolute atomic E-state index is 16.7. The number of ketones is 2. The number of nitrogens with zero attached hydrogens (tertiary/aromatic N) is 6. The third kappa shape index (κ3) is 11.6. The number of benzene rings is 2. The molecule has 3 saturated heterocycles. The number of aliphatic hydroxyl groups excluding tert-OH is 1. The highest BCUT2D eigenvalue weighted by molar-refractivity contribution is 6.02. The molecular formula is C69H78F2N6O20. The first-order chi connectivity index (χ1) is 46.3. The van der Waals surface area contributed by atoms with Gasteiger partial charge >= 0.3 is 36.1 Å². The Kier molecular flexibility index (Phi) is 17.5. The second-order valence-electron chi connectivity index (χ2n) is 27.9. The first-order valence-electron chi connectivity index (χ1n) is 33.2. The maximum Gasteiger partial charge on any atom is 0.413 e. The molecule has 3 aliphatic heterocycles. The van der Waals surface area contributed by atoms with Crippen molar-refractivity contribution in [2.24, 2.45) is 34.5 Å². The number of amides is 2. The van der Waals surface area contributed by atoms with Crippen LogP contribution in [0, 0.1) is 46.1 Å². The highest BCUT2D eigenvalue weighted by Crippen LogP contribution is 2.67. The van der Waals surface area contributed by atoms with E-state index in [0.29, 0.717) is 51.5 Å². The lowest BCUT2D eigenvalue weighted by Crippen LogP contribution is -2.61. The molecule has 6 aliphatic carbocycles. The fourth-order valence-corrected chi connectivity index (χ4v) is 17.4. The number of allylic oxidation sites excluding steroid dienone is 4.